The van der Waals surface area contributed by atoms with E-state index in [9.17, 15) is 4.79 Å². The Morgan fingerprint density at radius 3 is 2.12 bits per heavy atom. The first kappa shape index (κ1) is 32.1. The number of carbonyl (C=O) groups excluding carboxylic acids is 1. The van der Waals surface area contributed by atoms with E-state index in [0.717, 1.165) is 42.9 Å². The summed E-state index contributed by atoms with van der Waals surface area (Å²) in [7, 11) is 0. The molecule has 0 aromatic rings. The lowest BCUT2D eigenvalue weighted by molar-refractivity contribution is -0.151. The number of hydrogen-bond donors (Lipinski definition) is 0. The van der Waals surface area contributed by atoms with Crippen LogP contribution in [0.3, 0.4) is 0 Å². The van der Waals surface area contributed by atoms with Crippen molar-refractivity contribution >= 4 is 5.97 Å². The molecule has 0 radical (unpaired) electrons. The monoisotopic (exact) mass is 555 g/mol. The normalized spacial score (nSPS) is 35.0. The minimum atomic E-state index is 0.0599. The number of hydrogen-bond acceptors (Lipinski definition) is 2. The minimum absolute atomic E-state index is 0.0599. The molecule has 4 rings (SSSR count). The van der Waals surface area contributed by atoms with Gasteiger partial charge in [0.2, 0.25) is 0 Å². The first-order valence-electron chi connectivity index (χ1n) is 18.3. The molecule has 2 heteroatoms. The lowest BCUT2D eigenvalue weighted by Crippen LogP contribution is -2.50. The molecule has 0 N–H and O–H groups in total. The molecule has 4 aliphatic carbocycles. The molecular formula is C38H66O2. The number of esters is 1. The van der Waals surface area contributed by atoms with Gasteiger partial charge in [-0.1, -0.05) is 123 Å². The van der Waals surface area contributed by atoms with Crippen molar-refractivity contribution in [2.24, 2.45) is 34.5 Å². The zero-order valence-electron chi connectivity index (χ0n) is 27.3. The maximum Gasteiger partial charge on any atom is 0.306 e. The van der Waals surface area contributed by atoms with Crippen LogP contribution in [0.1, 0.15) is 182 Å². The van der Waals surface area contributed by atoms with E-state index in [4.69, 9.17) is 4.74 Å². The van der Waals surface area contributed by atoms with Gasteiger partial charge in [0.05, 0.1) is 0 Å². The van der Waals surface area contributed by atoms with Crippen molar-refractivity contribution in [2.75, 3.05) is 0 Å². The molecule has 0 unspecified atom stereocenters. The number of fused-ring (bicyclic) bond motifs is 5. The van der Waals surface area contributed by atoms with Crippen LogP contribution in [-0.4, -0.2) is 12.1 Å². The van der Waals surface area contributed by atoms with Crippen molar-refractivity contribution in [1.82, 2.24) is 0 Å². The molecule has 2 nitrogen and oxygen atoms in total. The second-order valence-corrected chi connectivity index (χ2v) is 15.2. The fraction of sp³-hybridized carbons (Fsp3) is 0.921. The summed E-state index contributed by atoms with van der Waals surface area (Å²) in [6.07, 6.45) is 34.1. The predicted octanol–water partition coefficient (Wildman–Crippen LogP) is 11.8. The summed E-state index contributed by atoms with van der Waals surface area (Å²) in [5.41, 5.74) is 2.59. The molecule has 0 bridgehead atoms. The summed E-state index contributed by atoms with van der Waals surface area (Å²) in [5.74, 6) is 3.72. The van der Waals surface area contributed by atoms with Gasteiger partial charge in [0.15, 0.2) is 0 Å². The van der Waals surface area contributed by atoms with Gasteiger partial charge >= 0.3 is 5.97 Å². The largest absolute Gasteiger partial charge is 0.462 e. The molecule has 3 fully saturated rings. The number of allylic oxidation sites excluding steroid dienone is 1. The van der Waals surface area contributed by atoms with Gasteiger partial charge in [0.25, 0.3) is 0 Å². The van der Waals surface area contributed by atoms with E-state index < -0.39 is 0 Å². The van der Waals surface area contributed by atoms with E-state index in [1.165, 1.54) is 128 Å². The van der Waals surface area contributed by atoms with Crippen LogP contribution in [0.25, 0.3) is 0 Å². The van der Waals surface area contributed by atoms with Crippen molar-refractivity contribution in [3.63, 3.8) is 0 Å². The van der Waals surface area contributed by atoms with E-state index in [1.54, 1.807) is 5.57 Å². The van der Waals surface area contributed by atoms with E-state index in [1.807, 2.05) is 0 Å². The molecule has 40 heavy (non-hydrogen) atoms. The average Bonchev–Trinajstić information content (AvgIpc) is 3.28. The summed E-state index contributed by atoms with van der Waals surface area (Å²) in [5, 5.41) is 0. The van der Waals surface area contributed by atoms with E-state index in [-0.39, 0.29) is 12.1 Å². The van der Waals surface area contributed by atoms with Gasteiger partial charge in [-0.3, -0.25) is 4.79 Å². The molecule has 230 valence electrons. The van der Waals surface area contributed by atoms with Crippen molar-refractivity contribution in [2.45, 2.75) is 188 Å². The molecule has 0 amide bonds. The molecule has 4 aliphatic rings. The third-order valence-corrected chi connectivity index (χ3v) is 12.7. The molecule has 0 spiro atoms. The van der Waals surface area contributed by atoms with Gasteiger partial charge < -0.3 is 4.74 Å². The summed E-state index contributed by atoms with van der Waals surface area (Å²) in [6.45, 7) is 9.89. The smallest absolute Gasteiger partial charge is 0.306 e. The minimum Gasteiger partial charge on any atom is -0.462 e. The Bertz CT molecular complexity index is 799. The Hall–Kier alpha value is -0.790. The highest BCUT2D eigenvalue weighted by molar-refractivity contribution is 5.69. The van der Waals surface area contributed by atoms with Crippen molar-refractivity contribution < 1.29 is 9.53 Å². The van der Waals surface area contributed by atoms with Gasteiger partial charge in [-0.15, -0.1) is 0 Å². The number of ether oxygens (including phenoxy) is 1. The highest BCUT2D eigenvalue weighted by Crippen LogP contribution is 2.66. The van der Waals surface area contributed by atoms with Crippen LogP contribution in [0.2, 0.25) is 0 Å². The van der Waals surface area contributed by atoms with Gasteiger partial charge in [0, 0.05) is 12.8 Å². The Morgan fingerprint density at radius 1 is 0.775 bits per heavy atom. The van der Waals surface area contributed by atoms with Crippen molar-refractivity contribution in [3.05, 3.63) is 11.6 Å². The fourth-order valence-corrected chi connectivity index (χ4v) is 10.1. The Balaban J connectivity index is 1.22. The zero-order valence-corrected chi connectivity index (χ0v) is 27.3. The van der Waals surface area contributed by atoms with E-state index >= 15 is 0 Å². The lowest BCUT2D eigenvalue weighted by atomic mass is 9.47. The van der Waals surface area contributed by atoms with Crippen LogP contribution in [0, 0.1) is 34.5 Å². The second kappa shape index (κ2) is 15.6. The van der Waals surface area contributed by atoms with E-state index in [0.29, 0.717) is 17.3 Å². The SMILES string of the molecule is CCCCCCCCCCC(=O)O[C@H]1CC[C@@]2(C)C(=CC[C@H]3[C@@H]4CC[C@H](CCCCCCCC)[C@@]4(C)CC[C@@H]32)C1. The molecule has 3 saturated carbocycles. The average molecular weight is 555 g/mol. The number of carbonyl (C=O) groups is 1. The summed E-state index contributed by atoms with van der Waals surface area (Å²) >= 11 is 0. The first-order valence-corrected chi connectivity index (χ1v) is 18.3. The number of rotatable bonds is 17. The topological polar surface area (TPSA) is 26.3 Å². The molecule has 0 aromatic carbocycles. The Morgan fingerprint density at radius 2 is 1.43 bits per heavy atom. The Labute approximate surface area is 249 Å². The zero-order chi connectivity index (χ0) is 28.4. The third kappa shape index (κ3) is 7.78. The van der Waals surface area contributed by atoms with Crippen LogP contribution < -0.4 is 0 Å². The predicted molar refractivity (Wildman–Crippen MR) is 170 cm³/mol. The quantitative estimate of drug-likeness (QED) is 0.101. The summed E-state index contributed by atoms with van der Waals surface area (Å²) < 4.78 is 6.07. The van der Waals surface area contributed by atoms with E-state index in [2.05, 4.69) is 33.8 Å². The van der Waals surface area contributed by atoms with Crippen LogP contribution in [-0.2, 0) is 9.53 Å². The Kier molecular flexibility index (Phi) is 12.5. The standard InChI is InChI=1S/C38H66O2/c1-5-7-9-11-13-14-16-18-20-36(39)40-32-25-27-38(4)31(29-32)21-23-33-34-24-22-30(19-17-15-12-10-8-6-2)37(34,3)28-26-35(33)38/h21,30,32-35H,5-20,22-29H2,1-4H3/t30-,32-,33-,34-,35-,37+,38-/m0/s1. The fourth-order valence-electron chi connectivity index (χ4n) is 10.1. The van der Waals surface area contributed by atoms with Gasteiger partial charge in [0.1, 0.15) is 6.10 Å². The third-order valence-electron chi connectivity index (χ3n) is 12.7. The van der Waals surface area contributed by atoms with Crippen molar-refractivity contribution in [1.29, 1.82) is 0 Å². The van der Waals surface area contributed by atoms with Gasteiger partial charge in [-0.2, -0.15) is 0 Å². The maximum atomic E-state index is 12.6. The summed E-state index contributed by atoms with van der Waals surface area (Å²) in [6, 6.07) is 0. The molecule has 7 atom stereocenters. The molecule has 0 saturated heterocycles. The highest BCUT2D eigenvalue weighted by atomic mass is 16.5. The molecule has 0 aliphatic heterocycles. The van der Waals surface area contributed by atoms with Crippen LogP contribution in [0.5, 0.6) is 0 Å². The first-order chi connectivity index (χ1) is 19.4. The lowest BCUT2D eigenvalue weighted by Gasteiger charge is -2.58. The van der Waals surface area contributed by atoms with Crippen LogP contribution >= 0.6 is 0 Å². The van der Waals surface area contributed by atoms with Crippen molar-refractivity contribution in [3.8, 4) is 0 Å². The van der Waals surface area contributed by atoms with Gasteiger partial charge in [-0.25, -0.2) is 0 Å². The van der Waals surface area contributed by atoms with Crippen LogP contribution in [0.15, 0.2) is 11.6 Å². The second-order valence-electron chi connectivity index (χ2n) is 15.2. The highest BCUT2D eigenvalue weighted by Gasteiger charge is 2.58. The van der Waals surface area contributed by atoms with Gasteiger partial charge in [-0.05, 0) is 92.3 Å². The molecule has 0 heterocycles. The van der Waals surface area contributed by atoms with Crippen LogP contribution in [0.4, 0.5) is 0 Å². The maximum absolute atomic E-state index is 12.6. The summed E-state index contributed by atoms with van der Waals surface area (Å²) in [4.78, 5) is 12.6. The molecular weight excluding hydrogens is 488 g/mol. The molecule has 0 aromatic heterocycles. The number of unbranched alkanes of at least 4 members (excludes halogenated alkanes) is 12.